The molecule has 0 saturated heterocycles. The Balaban J connectivity index is 5.23. The van der Waals surface area contributed by atoms with E-state index >= 15 is 0 Å². The first-order valence-corrected chi connectivity index (χ1v) is 8.66. The molecule has 112 valence electrons. The Kier molecular flexibility index (Phi) is 7.02. The Morgan fingerprint density at radius 3 is 2.21 bits per heavy atom. The van der Waals surface area contributed by atoms with Gasteiger partial charge in [0.1, 0.15) is 0 Å². The summed E-state index contributed by atoms with van der Waals surface area (Å²) < 4.78 is 18.1. The van der Waals surface area contributed by atoms with Crippen LogP contribution in [-0.4, -0.2) is 30.0 Å². The summed E-state index contributed by atoms with van der Waals surface area (Å²) in [6, 6.07) is 0. The maximum atomic E-state index is 12.7. The van der Waals surface area contributed by atoms with E-state index in [4.69, 9.17) is 4.52 Å². The normalized spacial score (nSPS) is 16.5. The number of hydrogen-bond acceptors (Lipinski definition) is 3. The molecule has 0 fully saturated rings. The highest BCUT2D eigenvalue weighted by Gasteiger charge is 2.29. The van der Waals surface area contributed by atoms with Gasteiger partial charge in [0.05, 0.1) is 12.8 Å². The summed E-state index contributed by atoms with van der Waals surface area (Å²) in [7, 11) is -2.92. The summed E-state index contributed by atoms with van der Waals surface area (Å²) in [5, 5.41) is 9.26. The third kappa shape index (κ3) is 8.22. The molecule has 0 aromatic rings. The number of aliphatic carboxylic acids is 1. The van der Waals surface area contributed by atoms with Crippen LogP contribution in [0.5, 0.6) is 0 Å². The standard InChI is InChI=1S/C14H27O4P/c1-7-18-19(17,9-11(2)3)10-12(13(15)16)8-14(4,5)6/h8,11H,7,9-10H2,1-6H3,(H,15,16)/b12-8+. The summed E-state index contributed by atoms with van der Waals surface area (Å²) >= 11 is 0. The Hall–Kier alpha value is -0.600. The zero-order chi connectivity index (χ0) is 15.3. The van der Waals surface area contributed by atoms with Crippen LogP contribution < -0.4 is 0 Å². The predicted octanol–water partition coefficient (Wildman–Crippen LogP) is 4.01. The van der Waals surface area contributed by atoms with Gasteiger partial charge >= 0.3 is 5.97 Å². The van der Waals surface area contributed by atoms with Crippen LogP contribution in [0.25, 0.3) is 0 Å². The minimum Gasteiger partial charge on any atom is -0.478 e. The summed E-state index contributed by atoms with van der Waals surface area (Å²) in [4.78, 5) is 11.3. The van der Waals surface area contributed by atoms with Crippen LogP contribution in [-0.2, 0) is 13.9 Å². The summed E-state index contributed by atoms with van der Waals surface area (Å²) in [6.07, 6.45) is 2.09. The fraction of sp³-hybridized carbons (Fsp3) is 0.786. The molecular formula is C14H27O4P. The van der Waals surface area contributed by atoms with E-state index in [2.05, 4.69) is 0 Å². The highest BCUT2D eigenvalue weighted by molar-refractivity contribution is 7.59. The van der Waals surface area contributed by atoms with Crippen molar-refractivity contribution in [1.82, 2.24) is 0 Å². The van der Waals surface area contributed by atoms with E-state index in [0.29, 0.717) is 12.8 Å². The van der Waals surface area contributed by atoms with Gasteiger partial charge in [-0.2, -0.15) is 0 Å². The van der Waals surface area contributed by atoms with Crippen molar-refractivity contribution >= 4 is 13.3 Å². The lowest BCUT2D eigenvalue weighted by Crippen LogP contribution is -2.14. The molecule has 1 unspecified atom stereocenters. The second-order valence-electron chi connectivity index (χ2n) is 6.31. The Bertz CT molecular complexity index is 377. The van der Waals surface area contributed by atoms with Gasteiger partial charge in [-0.1, -0.05) is 40.7 Å². The molecule has 0 aliphatic rings. The van der Waals surface area contributed by atoms with Crippen LogP contribution in [0.1, 0.15) is 41.5 Å². The van der Waals surface area contributed by atoms with E-state index in [9.17, 15) is 14.5 Å². The zero-order valence-electron chi connectivity index (χ0n) is 12.9. The van der Waals surface area contributed by atoms with Gasteiger partial charge < -0.3 is 9.63 Å². The third-order valence-corrected chi connectivity index (χ3v) is 5.14. The fourth-order valence-corrected chi connectivity index (χ4v) is 4.57. The molecule has 0 rings (SSSR count). The molecule has 1 atom stereocenters. The molecule has 0 heterocycles. The molecular weight excluding hydrogens is 263 g/mol. The van der Waals surface area contributed by atoms with Gasteiger partial charge in [0.25, 0.3) is 0 Å². The van der Waals surface area contributed by atoms with Crippen molar-refractivity contribution < 1.29 is 19.0 Å². The lowest BCUT2D eigenvalue weighted by Gasteiger charge is -2.21. The first kappa shape index (κ1) is 18.4. The average Bonchev–Trinajstić information content (AvgIpc) is 2.12. The van der Waals surface area contributed by atoms with Crippen LogP contribution in [0.4, 0.5) is 0 Å². The highest BCUT2D eigenvalue weighted by Crippen LogP contribution is 2.50. The molecule has 5 heteroatoms. The first-order valence-electron chi connectivity index (χ1n) is 6.66. The molecule has 4 nitrogen and oxygen atoms in total. The van der Waals surface area contributed by atoms with Crippen molar-refractivity contribution in [3.05, 3.63) is 11.6 Å². The van der Waals surface area contributed by atoms with Gasteiger partial charge in [-0.15, -0.1) is 0 Å². The fourth-order valence-electron chi connectivity index (χ4n) is 1.91. The molecule has 0 bridgehead atoms. The Labute approximate surface area is 116 Å². The van der Waals surface area contributed by atoms with E-state index in [1.807, 2.05) is 34.6 Å². The number of allylic oxidation sites excluding steroid dienone is 1. The van der Waals surface area contributed by atoms with Crippen molar-refractivity contribution in [1.29, 1.82) is 0 Å². The molecule has 19 heavy (non-hydrogen) atoms. The van der Waals surface area contributed by atoms with Crippen molar-refractivity contribution in [3.63, 3.8) is 0 Å². The maximum Gasteiger partial charge on any atom is 0.331 e. The lowest BCUT2D eigenvalue weighted by molar-refractivity contribution is -0.132. The monoisotopic (exact) mass is 290 g/mol. The molecule has 0 spiro atoms. The van der Waals surface area contributed by atoms with Crippen LogP contribution >= 0.6 is 7.37 Å². The van der Waals surface area contributed by atoms with Crippen molar-refractivity contribution in [2.24, 2.45) is 11.3 Å². The smallest absolute Gasteiger partial charge is 0.331 e. The SMILES string of the molecule is CCOP(=O)(C/C(=C\C(C)(C)C)C(=O)O)CC(C)C. The van der Waals surface area contributed by atoms with E-state index in [1.165, 1.54) is 0 Å². The minimum atomic E-state index is -2.92. The van der Waals surface area contributed by atoms with Crippen molar-refractivity contribution in [2.45, 2.75) is 41.5 Å². The van der Waals surface area contributed by atoms with Gasteiger partial charge in [-0.25, -0.2) is 4.79 Å². The number of carboxylic acid groups (broad SMARTS) is 1. The Morgan fingerprint density at radius 1 is 1.37 bits per heavy atom. The van der Waals surface area contributed by atoms with Crippen molar-refractivity contribution in [2.75, 3.05) is 18.9 Å². The summed E-state index contributed by atoms with van der Waals surface area (Å²) in [5.41, 5.74) is -0.0762. The molecule has 0 saturated carbocycles. The van der Waals surface area contributed by atoms with Crippen LogP contribution in [0.2, 0.25) is 0 Å². The molecule has 0 aromatic carbocycles. The minimum absolute atomic E-state index is 0.00558. The summed E-state index contributed by atoms with van der Waals surface area (Å²) in [6.45, 7) is 11.8. The number of hydrogen-bond donors (Lipinski definition) is 1. The largest absolute Gasteiger partial charge is 0.478 e. The average molecular weight is 290 g/mol. The number of carbonyl (C=O) groups is 1. The van der Waals surface area contributed by atoms with Crippen LogP contribution in [0, 0.1) is 11.3 Å². The lowest BCUT2D eigenvalue weighted by atomic mass is 9.94. The van der Waals surface area contributed by atoms with Gasteiger partial charge in [0.15, 0.2) is 0 Å². The van der Waals surface area contributed by atoms with E-state index in [1.54, 1.807) is 13.0 Å². The predicted molar refractivity (Wildman–Crippen MR) is 79.0 cm³/mol. The topological polar surface area (TPSA) is 63.6 Å². The quantitative estimate of drug-likeness (QED) is 0.568. The van der Waals surface area contributed by atoms with Crippen molar-refractivity contribution in [3.8, 4) is 0 Å². The van der Waals surface area contributed by atoms with Gasteiger partial charge in [0.2, 0.25) is 7.37 Å². The Morgan fingerprint density at radius 2 is 1.89 bits per heavy atom. The third-order valence-electron chi connectivity index (χ3n) is 2.30. The van der Waals surface area contributed by atoms with Crippen LogP contribution in [0.15, 0.2) is 11.6 Å². The first-order chi connectivity index (χ1) is 8.49. The van der Waals surface area contributed by atoms with E-state index in [0.717, 1.165) is 0 Å². The van der Waals surface area contributed by atoms with E-state index in [-0.39, 0.29) is 23.1 Å². The van der Waals surface area contributed by atoms with Gasteiger partial charge in [-0.05, 0) is 18.3 Å². The van der Waals surface area contributed by atoms with E-state index < -0.39 is 13.3 Å². The zero-order valence-corrected chi connectivity index (χ0v) is 13.8. The second kappa shape index (κ2) is 7.25. The second-order valence-corrected chi connectivity index (χ2v) is 8.88. The molecule has 0 aromatic heterocycles. The maximum absolute atomic E-state index is 12.7. The van der Waals surface area contributed by atoms with Crippen LogP contribution in [0.3, 0.4) is 0 Å². The van der Waals surface area contributed by atoms with Gasteiger partial charge in [-0.3, -0.25) is 4.57 Å². The molecule has 0 radical (unpaired) electrons. The number of carboxylic acids is 1. The molecule has 0 amide bonds. The molecule has 1 N–H and O–H groups in total. The highest BCUT2D eigenvalue weighted by atomic mass is 31.2. The molecule has 0 aliphatic heterocycles. The molecule has 0 aliphatic carbocycles. The van der Waals surface area contributed by atoms with Gasteiger partial charge in [0, 0.05) is 11.7 Å². The summed E-state index contributed by atoms with van der Waals surface area (Å²) in [5.74, 6) is -0.805. The number of rotatable bonds is 7.